The normalized spacial score (nSPS) is 13.7. The van der Waals surface area contributed by atoms with Crippen molar-refractivity contribution in [1.29, 1.82) is 0 Å². The van der Waals surface area contributed by atoms with Gasteiger partial charge in [0.25, 0.3) is 5.91 Å². The summed E-state index contributed by atoms with van der Waals surface area (Å²) in [5.41, 5.74) is 5.37. The number of amides is 2. The lowest BCUT2D eigenvalue weighted by atomic mass is 9.86. The number of H-pyrrole nitrogens is 1. The minimum atomic E-state index is -0.457. The number of fused-ring (bicyclic) bond motifs is 2. The molecule has 1 heterocycles. The van der Waals surface area contributed by atoms with Crippen molar-refractivity contribution in [2.24, 2.45) is 0 Å². The van der Waals surface area contributed by atoms with Gasteiger partial charge in [-0.25, -0.2) is 0 Å². The number of aromatic amines is 1. The van der Waals surface area contributed by atoms with E-state index in [0.29, 0.717) is 17.7 Å². The number of nitrogens with one attached hydrogen (secondary N) is 2. The van der Waals surface area contributed by atoms with Crippen LogP contribution in [0.3, 0.4) is 0 Å². The van der Waals surface area contributed by atoms with Gasteiger partial charge in [-0.3, -0.25) is 14.9 Å². The highest BCUT2D eigenvalue weighted by Crippen LogP contribution is 2.33. The molecule has 6 heteroatoms. The monoisotopic (exact) mass is 404 g/mol. The van der Waals surface area contributed by atoms with E-state index in [0.717, 1.165) is 47.7 Å². The van der Waals surface area contributed by atoms with Crippen LogP contribution in [0.25, 0.3) is 22.6 Å². The zero-order valence-electron chi connectivity index (χ0n) is 16.6. The predicted octanol–water partition coefficient (Wildman–Crippen LogP) is 3.23. The molecule has 4 rings (SSSR count). The van der Waals surface area contributed by atoms with Crippen molar-refractivity contribution < 1.29 is 19.4 Å². The number of hydrogen-bond donors (Lipinski definition) is 3. The number of imide groups is 1. The molecular formula is C24H24N2O4. The molecule has 154 valence electrons. The molecule has 1 aliphatic rings. The van der Waals surface area contributed by atoms with Gasteiger partial charge in [-0.2, -0.15) is 0 Å². The average molecular weight is 404 g/mol. The van der Waals surface area contributed by atoms with Gasteiger partial charge in [0.1, 0.15) is 12.4 Å². The Bertz CT molecular complexity index is 1110. The Balaban J connectivity index is 1.87. The Kier molecular flexibility index (Phi) is 5.95. The van der Waals surface area contributed by atoms with Gasteiger partial charge in [-0.1, -0.05) is 18.2 Å². The third kappa shape index (κ3) is 4.00. The fraction of sp³-hybridized carbons (Fsp3) is 0.250. The number of benzene rings is 2. The smallest absolute Gasteiger partial charge is 0.258 e. The van der Waals surface area contributed by atoms with E-state index < -0.39 is 5.91 Å². The van der Waals surface area contributed by atoms with Gasteiger partial charge in [0.2, 0.25) is 6.41 Å². The standard InChI is InChI=1S/C24H24N2O4/c27-9-10-30-18-11-16-5-1-2-6-19(16)17(12-18)13-21(24(29)26-15-28)22-14-25-23-8-4-3-7-20(22)23/h3-4,7-8,11-15,25,27H,1-2,5-6,9-10H2,(H,26,28,29)/b21-13+. The van der Waals surface area contributed by atoms with Gasteiger partial charge in [-0.15, -0.1) is 0 Å². The number of para-hydroxylation sites is 1. The van der Waals surface area contributed by atoms with Crippen molar-refractivity contribution in [3.8, 4) is 5.75 Å². The lowest BCUT2D eigenvalue weighted by molar-refractivity contribution is -0.121. The number of aromatic nitrogens is 1. The van der Waals surface area contributed by atoms with Crippen LogP contribution in [0, 0.1) is 0 Å². The van der Waals surface area contributed by atoms with Crippen LogP contribution in [-0.4, -0.2) is 35.6 Å². The molecule has 1 aliphatic carbocycles. The molecule has 0 atom stereocenters. The van der Waals surface area contributed by atoms with E-state index >= 15 is 0 Å². The number of hydrogen-bond acceptors (Lipinski definition) is 4. The first-order valence-corrected chi connectivity index (χ1v) is 10.1. The second-order valence-electron chi connectivity index (χ2n) is 7.33. The Hall–Kier alpha value is -3.38. The third-order valence-corrected chi connectivity index (χ3v) is 5.45. The number of aliphatic hydroxyl groups is 1. The Morgan fingerprint density at radius 2 is 2.03 bits per heavy atom. The zero-order chi connectivity index (χ0) is 20.9. The van der Waals surface area contributed by atoms with Crippen LogP contribution in [0.2, 0.25) is 0 Å². The van der Waals surface area contributed by atoms with Gasteiger partial charge in [0.15, 0.2) is 0 Å². The number of carbonyl (C=O) groups excluding carboxylic acids is 2. The minimum Gasteiger partial charge on any atom is -0.491 e. The Morgan fingerprint density at radius 3 is 2.87 bits per heavy atom. The molecule has 2 aromatic carbocycles. The summed E-state index contributed by atoms with van der Waals surface area (Å²) in [5, 5.41) is 12.3. The van der Waals surface area contributed by atoms with Crippen molar-refractivity contribution >= 4 is 34.9 Å². The van der Waals surface area contributed by atoms with Gasteiger partial charge >= 0.3 is 0 Å². The summed E-state index contributed by atoms with van der Waals surface area (Å²) in [6.07, 6.45) is 8.12. The lowest BCUT2D eigenvalue weighted by Crippen LogP contribution is -2.22. The van der Waals surface area contributed by atoms with Crippen molar-refractivity contribution in [2.75, 3.05) is 13.2 Å². The maximum Gasteiger partial charge on any atom is 0.258 e. The summed E-state index contributed by atoms with van der Waals surface area (Å²) in [7, 11) is 0. The van der Waals surface area contributed by atoms with Crippen molar-refractivity contribution in [1.82, 2.24) is 10.3 Å². The molecular weight excluding hydrogens is 380 g/mol. The average Bonchev–Trinajstić information content (AvgIpc) is 3.20. The van der Waals surface area contributed by atoms with Crippen LogP contribution in [0.4, 0.5) is 0 Å². The topological polar surface area (TPSA) is 91.4 Å². The van der Waals surface area contributed by atoms with E-state index in [1.807, 2.05) is 42.5 Å². The first-order chi connectivity index (χ1) is 14.7. The van der Waals surface area contributed by atoms with Crippen molar-refractivity contribution in [3.05, 3.63) is 64.8 Å². The lowest BCUT2D eigenvalue weighted by Gasteiger charge is -2.20. The molecule has 0 spiro atoms. The highest BCUT2D eigenvalue weighted by atomic mass is 16.5. The summed E-state index contributed by atoms with van der Waals surface area (Å²) in [5.74, 6) is 0.214. The molecule has 3 aromatic rings. The summed E-state index contributed by atoms with van der Waals surface area (Å²) < 4.78 is 5.67. The molecule has 0 saturated carbocycles. The number of ether oxygens (including phenoxy) is 1. The number of aliphatic hydroxyl groups excluding tert-OH is 1. The molecule has 0 aliphatic heterocycles. The summed E-state index contributed by atoms with van der Waals surface area (Å²) in [6.45, 7) is 0.146. The number of aryl methyl sites for hydroxylation is 1. The SMILES string of the molecule is O=CNC(=O)/C(=C/c1cc(OCCO)cc2c1CCCC2)c1c[nH]c2ccccc12. The van der Waals surface area contributed by atoms with Gasteiger partial charge in [-0.05, 0) is 66.6 Å². The second kappa shape index (κ2) is 8.97. The van der Waals surface area contributed by atoms with Crippen LogP contribution >= 0.6 is 0 Å². The summed E-state index contributed by atoms with van der Waals surface area (Å²) >= 11 is 0. The van der Waals surface area contributed by atoms with E-state index in [9.17, 15) is 9.59 Å². The maximum absolute atomic E-state index is 12.8. The molecule has 0 bridgehead atoms. The summed E-state index contributed by atoms with van der Waals surface area (Å²) in [4.78, 5) is 27.0. The molecule has 0 unspecified atom stereocenters. The molecule has 0 radical (unpaired) electrons. The molecule has 3 N–H and O–H groups in total. The molecule has 0 fully saturated rings. The third-order valence-electron chi connectivity index (χ3n) is 5.45. The van der Waals surface area contributed by atoms with Crippen LogP contribution in [0.15, 0.2) is 42.6 Å². The number of rotatable bonds is 7. The minimum absolute atomic E-state index is 0.0649. The maximum atomic E-state index is 12.8. The van der Waals surface area contributed by atoms with Gasteiger partial charge in [0, 0.05) is 28.2 Å². The second-order valence-corrected chi connectivity index (χ2v) is 7.33. The van der Waals surface area contributed by atoms with Gasteiger partial charge < -0.3 is 14.8 Å². The highest BCUT2D eigenvalue weighted by molar-refractivity contribution is 6.28. The van der Waals surface area contributed by atoms with Gasteiger partial charge in [0.05, 0.1) is 6.61 Å². The fourth-order valence-corrected chi connectivity index (χ4v) is 4.09. The van der Waals surface area contributed by atoms with Crippen LogP contribution in [0.5, 0.6) is 5.75 Å². The van der Waals surface area contributed by atoms with E-state index in [1.165, 1.54) is 11.1 Å². The first-order valence-electron chi connectivity index (χ1n) is 10.1. The fourth-order valence-electron chi connectivity index (χ4n) is 4.09. The van der Waals surface area contributed by atoms with Crippen LogP contribution in [-0.2, 0) is 22.4 Å². The summed E-state index contributed by atoms with van der Waals surface area (Å²) in [6, 6.07) is 11.7. The molecule has 6 nitrogen and oxygen atoms in total. The van der Waals surface area contributed by atoms with Crippen LogP contribution in [0.1, 0.15) is 35.1 Å². The first kappa shape index (κ1) is 19.9. The van der Waals surface area contributed by atoms with E-state index in [4.69, 9.17) is 9.84 Å². The Labute approximate surface area is 174 Å². The largest absolute Gasteiger partial charge is 0.491 e. The molecule has 0 saturated heterocycles. The van der Waals surface area contributed by atoms with Crippen molar-refractivity contribution in [2.45, 2.75) is 25.7 Å². The number of carbonyl (C=O) groups is 2. The zero-order valence-corrected chi connectivity index (χ0v) is 16.6. The Morgan fingerprint density at radius 1 is 1.20 bits per heavy atom. The molecule has 30 heavy (non-hydrogen) atoms. The predicted molar refractivity (Wildman–Crippen MR) is 116 cm³/mol. The molecule has 1 aromatic heterocycles. The van der Waals surface area contributed by atoms with Crippen molar-refractivity contribution in [3.63, 3.8) is 0 Å². The highest BCUT2D eigenvalue weighted by Gasteiger charge is 2.19. The van der Waals surface area contributed by atoms with E-state index in [-0.39, 0.29) is 13.2 Å². The van der Waals surface area contributed by atoms with Crippen LogP contribution < -0.4 is 10.1 Å². The quantitative estimate of drug-likeness (QED) is 0.416. The van der Waals surface area contributed by atoms with E-state index in [1.54, 1.807) is 6.20 Å². The molecule has 2 amide bonds. The van der Waals surface area contributed by atoms with E-state index in [2.05, 4.69) is 10.3 Å².